The number of benzene rings is 2. The molecule has 2 aromatic carbocycles. The van der Waals surface area contributed by atoms with Gasteiger partial charge in [-0.25, -0.2) is 13.4 Å². The number of carbonyl (C=O) groups is 1. The smallest absolute Gasteiger partial charge is 0.262 e. The first kappa shape index (κ1) is 22.1. The van der Waals surface area contributed by atoms with Gasteiger partial charge in [-0.1, -0.05) is 29.8 Å². The molecule has 2 heterocycles. The minimum absolute atomic E-state index is 0.0529. The highest BCUT2D eigenvalue weighted by Gasteiger charge is 2.34. The molecular weight excluding hydrogens is 450 g/mol. The quantitative estimate of drug-likeness (QED) is 0.574. The molecule has 7 nitrogen and oxygen atoms in total. The topological polar surface area (TPSA) is 92.0 Å². The third-order valence-electron chi connectivity index (χ3n) is 5.28. The van der Waals surface area contributed by atoms with E-state index in [1.54, 1.807) is 36.6 Å². The number of furan rings is 1. The molecule has 1 aliphatic heterocycles. The molecule has 1 N–H and O–H groups in total. The Morgan fingerprint density at radius 2 is 1.97 bits per heavy atom. The fourth-order valence-electron chi connectivity index (χ4n) is 3.53. The summed E-state index contributed by atoms with van der Waals surface area (Å²) in [4.78, 5) is 13.3. The van der Waals surface area contributed by atoms with Crippen LogP contribution in [0.15, 0.2) is 75.3 Å². The predicted molar refractivity (Wildman–Crippen MR) is 124 cm³/mol. The van der Waals surface area contributed by atoms with Crippen molar-refractivity contribution in [1.29, 1.82) is 0 Å². The van der Waals surface area contributed by atoms with E-state index in [9.17, 15) is 13.2 Å². The van der Waals surface area contributed by atoms with E-state index in [-0.39, 0.29) is 23.4 Å². The van der Waals surface area contributed by atoms with Crippen molar-refractivity contribution in [3.05, 3.63) is 82.8 Å². The van der Waals surface area contributed by atoms with Gasteiger partial charge >= 0.3 is 0 Å². The standard InChI is InChI=1S/C23H22ClN3O4S/c1-15-5-10-18(32(2,29)30)12-19(15)25-14-23(28)27-21(22-4-3-11-31-22)13-20(26-27)16-6-8-17(24)9-7-16/h3-12,21,25H,13-14H2,1-2H3. The highest BCUT2D eigenvalue weighted by atomic mass is 35.5. The number of carbonyl (C=O) groups excluding carboxylic acids is 1. The van der Waals surface area contributed by atoms with Crippen LogP contribution >= 0.6 is 11.6 Å². The molecule has 0 saturated carbocycles. The second kappa shape index (κ2) is 8.80. The van der Waals surface area contributed by atoms with E-state index in [2.05, 4.69) is 10.4 Å². The summed E-state index contributed by atoms with van der Waals surface area (Å²) in [6.45, 7) is 1.79. The number of rotatable bonds is 6. The van der Waals surface area contributed by atoms with E-state index in [1.807, 2.05) is 25.1 Å². The van der Waals surface area contributed by atoms with Gasteiger partial charge in [-0.15, -0.1) is 0 Å². The summed E-state index contributed by atoms with van der Waals surface area (Å²) in [5.41, 5.74) is 3.05. The number of halogens is 1. The lowest BCUT2D eigenvalue weighted by atomic mass is 10.0. The summed E-state index contributed by atoms with van der Waals surface area (Å²) in [5, 5.41) is 9.68. The largest absolute Gasteiger partial charge is 0.467 e. The lowest BCUT2D eigenvalue weighted by Crippen LogP contribution is -2.32. The molecule has 1 atom stereocenters. The van der Waals surface area contributed by atoms with Crippen LogP contribution in [-0.4, -0.2) is 37.8 Å². The van der Waals surface area contributed by atoms with Gasteiger partial charge in [-0.05, 0) is 54.4 Å². The summed E-state index contributed by atoms with van der Waals surface area (Å²) in [6.07, 6.45) is 3.22. The van der Waals surface area contributed by atoms with Gasteiger partial charge in [0.1, 0.15) is 11.8 Å². The highest BCUT2D eigenvalue weighted by Crippen LogP contribution is 2.33. The number of anilines is 1. The molecule has 3 aromatic rings. The molecule has 32 heavy (non-hydrogen) atoms. The third kappa shape index (κ3) is 4.71. The molecule has 9 heteroatoms. The van der Waals surface area contributed by atoms with Crippen molar-refractivity contribution in [3.8, 4) is 0 Å². The minimum atomic E-state index is -3.35. The highest BCUT2D eigenvalue weighted by molar-refractivity contribution is 7.90. The summed E-state index contributed by atoms with van der Waals surface area (Å²) >= 11 is 5.99. The maximum atomic E-state index is 13.1. The normalized spacial score (nSPS) is 16.2. The number of hydrogen-bond acceptors (Lipinski definition) is 6. The van der Waals surface area contributed by atoms with Crippen molar-refractivity contribution >= 4 is 38.7 Å². The van der Waals surface area contributed by atoms with Crippen LogP contribution < -0.4 is 5.32 Å². The van der Waals surface area contributed by atoms with Crippen molar-refractivity contribution in [1.82, 2.24) is 5.01 Å². The molecule has 0 spiro atoms. The Morgan fingerprint density at radius 3 is 2.62 bits per heavy atom. The van der Waals surface area contributed by atoms with E-state index in [4.69, 9.17) is 16.0 Å². The second-order valence-corrected chi connectivity index (χ2v) is 10.1. The average Bonchev–Trinajstić information content (AvgIpc) is 3.42. The van der Waals surface area contributed by atoms with Crippen LogP contribution in [0, 0.1) is 6.92 Å². The van der Waals surface area contributed by atoms with Crippen LogP contribution in [-0.2, 0) is 14.6 Å². The van der Waals surface area contributed by atoms with Crippen LogP contribution in [0.25, 0.3) is 0 Å². The number of nitrogens with zero attached hydrogens (tertiary/aromatic N) is 2. The van der Waals surface area contributed by atoms with Gasteiger partial charge in [0.2, 0.25) is 0 Å². The van der Waals surface area contributed by atoms with Gasteiger partial charge in [0.05, 0.1) is 23.4 Å². The second-order valence-electron chi connectivity index (χ2n) is 7.63. The van der Waals surface area contributed by atoms with Crippen LogP contribution in [0.2, 0.25) is 5.02 Å². The Bertz CT molecular complexity index is 1270. The van der Waals surface area contributed by atoms with Crippen molar-refractivity contribution in [2.24, 2.45) is 5.10 Å². The Hall–Kier alpha value is -3.10. The first-order valence-electron chi connectivity index (χ1n) is 9.96. The number of hydrazone groups is 1. The fraction of sp³-hybridized carbons (Fsp3) is 0.217. The Balaban J connectivity index is 1.57. The van der Waals surface area contributed by atoms with Gasteiger partial charge in [0.25, 0.3) is 5.91 Å². The van der Waals surface area contributed by atoms with Gasteiger partial charge in [0, 0.05) is 23.4 Å². The van der Waals surface area contributed by atoms with Crippen LogP contribution in [0.4, 0.5) is 5.69 Å². The Labute approximate surface area is 191 Å². The van der Waals surface area contributed by atoms with Crippen LogP contribution in [0.1, 0.15) is 29.3 Å². The lowest BCUT2D eigenvalue weighted by Gasteiger charge is -2.20. The van der Waals surface area contributed by atoms with Crippen LogP contribution in [0.3, 0.4) is 0 Å². The summed E-state index contributed by atoms with van der Waals surface area (Å²) in [6, 6.07) is 15.3. The van der Waals surface area contributed by atoms with E-state index in [0.29, 0.717) is 22.9 Å². The first-order chi connectivity index (χ1) is 15.2. The molecule has 1 amide bonds. The molecule has 1 aromatic heterocycles. The molecule has 0 bridgehead atoms. The SMILES string of the molecule is Cc1ccc(S(C)(=O)=O)cc1NCC(=O)N1N=C(c2ccc(Cl)cc2)CC1c1ccco1. The molecule has 0 aliphatic carbocycles. The number of sulfone groups is 1. The number of aryl methyl sites for hydroxylation is 1. The zero-order valence-corrected chi connectivity index (χ0v) is 19.2. The van der Waals surface area contributed by atoms with Gasteiger partial charge in [-0.3, -0.25) is 4.79 Å². The Morgan fingerprint density at radius 1 is 1.22 bits per heavy atom. The van der Waals surface area contributed by atoms with E-state index in [0.717, 1.165) is 23.1 Å². The third-order valence-corrected chi connectivity index (χ3v) is 6.64. The maximum Gasteiger partial charge on any atom is 0.262 e. The van der Waals surface area contributed by atoms with Gasteiger partial charge in [0.15, 0.2) is 9.84 Å². The first-order valence-corrected chi connectivity index (χ1v) is 12.2. The van der Waals surface area contributed by atoms with Crippen molar-refractivity contribution < 1.29 is 17.6 Å². The zero-order chi connectivity index (χ0) is 22.9. The summed E-state index contributed by atoms with van der Waals surface area (Å²) < 4.78 is 29.3. The predicted octanol–water partition coefficient (Wildman–Crippen LogP) is 4.43. The molecule has 4 rings (SSSR count). The van der Waals surface area contributed by atoms with Crippen molar-refractivity contribution in [3.63, 3.8) is 0 Å². The average molecular weight is 472 g/mol. The minimum Gasteiger partial charge on any atom is -0.467 e. The van der Waals surface area contributed by atoms with Gasteiger partial charge < -0.3 is 9.73 Å². The molecule has 0 fully saturated rings. The molecule has 1 unspecified atom stereocenters. The molecule has 166 valence electrons. The van der Waals surface area contributed by atoms with Crippen molar-refractivity contribution in [2.45, 2.75) is 24.3 Å². The zero-order valence-electron chi connectivity index (χ0n) is 17.6. The summed E-state index contributed by atoms with van der Waals surface area (Å²) in [5.74, 6) is 0.376. The van der Waals surface area contributed by atoms with E-state index < -0.39 is 9.84 Å². The maximum absolute atomic E-state index is 13.1. The fourth-order valence-corrected chi connectivity index (χ4v) is 4.31. The van der Waals surface area contributed by atoms with Crippen LogP contribution in [0.5, 0.6) is 0 Å². The molecular formula is C23H22ClN3O4S. The Kier molecular flexibility index (Phi) is 6.08. The number of nitrogens with one attached hydrogen (secondary N) is 1. The van der Waals surface area contributed by atoms with E-state index >= 15 is 0 Å². The van der Waals surface area contributed by atoms with E-state index in [1.165, 1.54) is 11.1 Å². The summed E-state index contributed by atoms with van der Waals surface area (Å²) in [7, 11) is -3.35. The molecule has 0 saturated heterocycles. The monoisotopic (exact) mass is 471 g/mol. The number of hydrogen-bond donors (Lipinski definition) is 1. The van der Waals surface area contributed by atoms with Crippen molar-refractivity contribution in [2.75, 3.05) is 18.1 Å². The number of amides is 1. The lowest BCUT2D eigenvalue weighted by molar-refractivity contribution is -0.131. The molecule has 1 aliphatic rings. The molecule has 0 radical (unpaired) electrons. The van der Waals surface area contributed by atoms with Gasteiger partial charge in [-0.2, -0.15) is 5.10 Å².